The summed E-state index contributed by atoms with van der Waals surface area (Å²) in [5, 5.41) is 7.39. The Morgan fingerprint density at radius 3 is 2.24 bits per heavy atom. The highest BCUT2D eigenvalue weighted by Crippen LogP contribution is 2.38. The molecule has 152 valence electrons. The highest BCUT2D eigenvalue weighted by molar-refractivity contribution is 6.30. The Morgan fingerprint density at radius 2 is 1.69 bits per heavy atom. The van der Waals surface area contributed by atoms with E-state index >= 15 is 0 Å². The molecule has 1 atom stereocenters. The van der Waals surface area contributed by atoms with E-state index in [9.17, 15) is 4.79 Å². The van der Waals surface area contributed by atoms with Crippen LogP contribution in [0.5, 0.6) is 17.2 Å². The lowest BCUT2D eigenvalue weighted by Crippen LogP contribution is -2.27. The number of ether oxygens (including phenoxy) is 3. The van der Waals surface area contributed by atoms with Crippen LogP contribution in [-0.2, 0) is 0 Å². The average molecular weight is 418 g/mol. The van der Waals surface area contributed by atoms with Crippen molar-refractivity contribution in [1.29, 1.82) is 0 Å². The molecule has 0 aliphatic rings. The molecule has 0 spiro atoms. The summed E-state index contributed by atoms with van der Waals surface area (Å²) >= 11 is 5.90. The maximum atomic E-state index is 12.7. The van der Waals surface area contributed by atoms with Gasteiger partial charge in [0.2, 0.25) is 17.5 Å². The number of carbonyl (C=O) groups excluding carboxylic acids is 1. The molecule has 0 fully saturated rings. The molecule has 1 heterocycles. The third kappa shape index (κ3) is 4.43. The van der Waals surface area contributed by atoms with Crippen LogP contribution < -0.4 is 19.5 Å². The van der Waals surface area contributed by atoms with Crippen LogP contribution >= 0.6 is 11.6 Å². The Balaban J connectivity index is 1.78. The van der Waals surface area contributed by atoms with Crippen molar-refractivity contribution in [3.63, 3.8) is 0 Å². The number of hydrogen-bond donors (Lipinski definition) is 1. The second kappa shape index (κ2) is 8.83. The van der Waals surface area contributed by atoms with Crippen LogP contribution in [-0.4, -0.2) is 37.4 Å². The Morgan fingerprint density at radius 1 is 1.07 bits per heavy atom. The minimum Gasteiger partial charge on any atom is -0.493 e. The van der Waals surface area contributed by atoms with Gasteiger partial charge in [-0.05, 0) is 43.3 Å². The van der Waals surface area contributed by atoms with Crippen molar-refractivity contribution in [2.45, 2.75) is 13.0 Å². The SMILES string of the molecule is COc1cc(C(=O)N[C@H](C)c2nc(-c3ccc(Cl)cc3)no2)cc(OC)c1OC. The van der Waals surface area contributed by atoms with E-state index < -0.39 is 6.04 Å². The standard InChI is InChI=1S/C20H20ClN3O5/c1-11(20-23-18(24-29-20)12-5-7-14(21)8-6-12)22-19(25)13-9-15(26-2)17(28-4)16(10-13)27-3/h5-11H,1-4H3,(H,22,25)/t11-/m1/s1. The minimum atomic E-state index is -0.518. The quantitative estimate of drug-likeness (QED) is 0.622. The first-order valence-electron chi connectivity index (χ1n) is 8.67. The summed E-state index contributed by atoms with van der Waals surface area (Å²) < 4.78 is 21.1. The second-order valence-electron chi connectivity index (χ2n) is 6.07. The van der Waals surface area contributed by atoms with E-state index in [-0.39, 0.29) is 11.8 Å². The molecule has 0 bridgehead atoms. The predicted octanol–water partition coefficient (Wildman–Crippen LogP) is 3.91. The van der Waals surface area contributed by atoms with Crippen molar-refractivity contribution < 1.29 is 23.5 Å². The summed E-state index contributed by atoms with van der Waals surface area (Å²) in [5.41, 5.74) is 1.09. The van der Waals surface area contributed by atoms with Gasteiger partial charge in [0.15, 0.2) is 11.5 Å². The largest absolute Gasteiger partial charge is 0.493 e. The van der Waals surface area contributed by atoms with Gasteiger partial charge in [-0.15, -0.1) is 0 Å². The van der Waals surface area contributed by atoms with Crippen LogP contribution in [0.2, 0.25) is 5.02 Å². The molecule has 0 radical (unpaired) electrons. The molecule has 1 amide bonds. The highest BCUT2D eigenvalue weighted by Gasteiger charge is 2.21. The Kier molecular flexibility index (Phi) is 6.23. The fourth-order valence-electron chi connectivity index (χ4n) is 2.68. The van der Waals surface area contributed by atoms with E-state index in [0.29, 0.717) is 33.7 Å². The number of carbonyl (C=O) groups is 1. The molecule has 9 heteroatoms. The van der Waals surface area contributed by atoms with Crippen molar-refractivity contribution in [1.82, 2.24) is 15.5 Å². The first-order chi connectivity index (χ1) is 14.0. The van der Waals surface area contributed by atoms with Crippen LogP contribution in [0.1, 0.15) is 29.2 Å². The second-order valence-corrected chi connectivity index (χ2v) is 6.51. The zero-order valence-corrected chi connectivity index (χ0v) is 17.1. The highest BCUT2D eigenvalue weighted by atomic mass is 35.5. The number of nitrogens with one attached hydrogen (secondary N) is 1. The fraction of sp³-hybridized carbons (Fsp3) is 0.250. The molecule has 2 aromatic carbocycles. The number of hydrogen-bond acceptors (Lipinski definition) is 7. The van der Waals surface area contributed by atoms with Crippen LogP contribution in [0, 0.1) is 0 Å². The normalized spacial score (nSPS) is 11.6. The molecule has 29 heavy (non-hydrogen) atoms. The van der Waals surface area contributed by atoms with Gasteiger partial charge in [-0.25, -0.2) is 0 Å². The van der Waals surface area contributed by atoms with Gasteiger partial charge in [0.1, 0.15) is 6.04 Å². The minimum absolute atomic E-state index is 0.274. The number of benzene rings is 2. The van der Waals surface area contributed by atoms with Gasteiger partial charge in [0.05, 0.1) is 21.3 Å². The number of halogens is 1. The van der Waals surface area contributed by atoms with Crippen molar-refractivity contribution in [3.8, 4) is 28.6 Å². The van der Waals surface area contributed by atoms with E-state index in [1.54, 1.807) is 43.3 Å². The lowest BCUT2D eigenvalue weighted by atomic mass is 10.1. The first-order valence-corrected chi connectivity index (χ1v) is 9.05. The van der Waals surface area contributed by atoms with Crippen LogP contribution in [0.3, 0.4) is 0 Å². The summed E-state index contributed by atoms with van der Waals surface area (Å²) in [6, 6.07) is 9.67. The summed E-state index contributed by atoms with van der Waals surface area (Å²) in [6.07, 6.45) is 0. The molecule has 0 unspecified atom stereocenters. The smallest absolute Gasteiger partial charge is 0.252 e. The molecule has 0 aliphatic heterocycles. The summed E-state index contributed by atoms with van der Waals surface area (Å²) in [7, 11) is 4.46. The zero-order chi connectivity index (χ0) is 21.0. The molecule has 1 aromatic heterocycles. The fourth-order valence-corrected chi connectivity index (χ4v) is 2.81. The van der Waals surface area contributed by atoms with Gasteiger partial charge in [-0.2, -0.15) is 4.98 Å². The van der Waals surface area contributed by atoms with Gasteiger partial charge in [-0.3, -0.25) is 4.79 Å². The van der Waals surface area contributed by atoms with Crippen LogP contribution in [0.15, 0.2) is 40.9 Å². The van der Waals surface area contributed by atoms with Gasteiger partial charge < -0.3 is 24.1 Å². The van der Waals surface area contributed by atoms with E-state index in [4.69, 9.17) is 30.3 Å². The number of methoxy groups -OCH3 is 3. The number of amides is 1. The molecule has 1 N–H and O–H groups in total. The van der Waals surface area contributed by atoms with Crippen molar-refractivity contribution in [2.24, 2.45) is 0 Å². The lowest BCUT2D eigenvalue weighted by Gasteiger charge is -2.15. The maximum Gasteiger partial charge on any atom is 0.252 e. The van der Waals surface area contributed by atoms with E-state index in [0.717, 1.165) is 5.56 Å². The molecule has 0 saturated carbocycles. The number of nitrogens with zero attached hydrogens (tertiary/aromatic N) is 2. The topological polar surface area (TPSA) is 95.7 Å². The Hall–Kier alpha value is -3.26. The Bertz CT molecular complexity index is 979. The third-order valence-corrected chi connectivity index (χ3v) is 4.44. The van der Waals surface area contributed by atoms with Gasteiger partial charge in [0.25, 0.3) is 5.91 Å². The third-order valence-electron chi connectivity index (χ3n) is 4.19. The molecule has 3 aromatic rings. The van der Waals surface area contributed by atoms with Gasteiger partial charge >= 0.3 is 0 Å². The van der Waals surface area contributed by atoms with Gasteiger partial charge in [-0.1, -0.05) is 16.8 Å². The molecule has 3 rings (SSSR count). The van der Waals surface area contributed by atoms with E-state index in [1.165, 1.54) is 21.3 Å². The molecular formula is C20H20ClN3O5. The van der Waals surface area contributed by atoms with Crippen molar-refractivity contribution >= 4 is 17.5 Å². The monoisotopic (exact) mass is 417 g/mol. The number of aromatic nitrogens is 2. The zero-order valence-electron chi connectivity index (χ0n) is 16.4. The number of rotatable bonds is 7. The van der Waals surface area contributed by atoms with Gasteiger partial charge in [0, 0.05) is 16.1 Å². The molecule has 0 aliphatic carbocycles. The molecular weight excluding hydrogens is 398 g/mol. The Labute approximate surface area is 172 Å². The first kappa shape index (κ1) is 20.5. The van der Waals surface area contributed by atoms with E-state index in [1.807, 2.05) is 0 Å². The summed E-state index contributed by atoms with van der Waals surface area (Å²) in [4.78, 5) is 17.1. The predicted molar refractivity (Wildman–Crippen MR) is 107 cm³/mol. The van der Waals surface area contributed by atoms with Crippen LogP contribution in [0.4, 0.5) is 0 Å². The summed E-state index contributed by atoms with van der Waals surface area (Å²) in [6.45, 7) is 1.75. The maximum absolute atomic E-state index is 12.7. The summed E-state index contributed by atoms with van der Waals surface area (Å²) in [5.74, 6) is 1.49. The van der Waals surface area contributed by atoms with E-state index in [2.05, 4.69) is 15.5 Å². The van der Waals surface area contributed by atoms with Crippen molar-refractivity contribution in [3.05, 3.63) is 52.9 Å². The average Bonchev–Trinajstić information content (AvgIpc) is 3.23. The van der Waals surface area contributed by atoms with Crippen molar-refractivity contribution in [2.75, 3.05) is 21.3 Å². The molecule has 0 saturated heterocycles. The molecule has 8 nitrogen and oxygen atoms in total. The lowest BCUT2D eigenvalue weighted by molar-refractivity contribution is 0.0931. The van der Waals surface area contributed by atoms with Crippen LogP contribution in [0.25, 0.3) is 11.4 Å².